The van der Waals surface area contributed by atoms with E-state index in [1.807, 2.05) is 60.7 Å². The van der Waals surface area contributed by atoms with Crippen molar-refractivity contribution in [1.29, 1.82) is 0 Å². The maximum absolute atomic E-state index is 14.5. The number of phenols is 2. The number of ketones is 2. The molecule has 5 N–H and O–H groups in total. The maximum atomic E-state index is 14.5. The van der Waals surface area contributed by atoms with Crippen LogP contribution in [0.15, 0.2) is 84.9 Å². The summed E-state index contributed by atoms with van der Waals surface area (Å²) in [7, 11) is 0. The van der Waals surface area contributed by atoms with E-state index >= 15 is 0 Å². The Morgan fingerprint density at radius 1 is 0.537 bits per heavy atom. The van der Waals surface area contributed by atoms with Crippen LogP contribution in [0.5, 0.6) is 34.5 Å². The number of phenolic OH excluding ortho intramolecular Hbond substituents is 2. The molecule has 1 aliphatic rings. The lowest BCUT2D eigenvalue weighted by Gasteiger charge is -2.25. The quantitative estimate of drug-likeness (QED) is 0.0415. The molecule has 0 aromatic heterocycles. The van der Waals surface area contributed by atoms with Gasteiger partial charge in [-0.3, -0.25) is 9.59 Å². The molecule has 5 aromatic rings. The molecule has 54 heavy (non-hydrogen) atoms. The molecule has 0 aliphatic heterocycles. The van der Waals surface area contributed by atoms with Crippen molar-refractivity contribution in [3.63, 3.8) is 0 Å². The Hall–Kier alpha value is -5.76. The highest BCUT2D eigenvalue weighted by atomic mass is 16.5. The topological polar surface area (TPSA) is 131 Å². The average Bonchev–Trinajstić information content (AvgIpc) is 3.18. The second kappa shape index (κ2) is 17.4. The lowest BCUT2D eigenvalue weighted by molar-refractivity contribution is 0.0974. The summed E-state index contributed by atoms with van der Waals surface area (Å²) in [5, 5.41) is 26.5. The Morgan fingerprint density at radius 2 is 0.981 bits per heavy atom. The van der Waals surface area contributed by atoms with Crippen LogP contribution in [-0.4, -0.2) is 21.8 Å². The van der Waals surface area contributed by atoms with E-state index in [1.54, 1.807) is 12.1 Å². The Balaban J connectivity index is 1.38. The van der Waals surface area contributed by atoms with Crippen LogP contribution in [0.4, 0.5) is 17.1 Å². The minimum absolute atomic E-state index is 0.0140. The molecule has 280 valence electrons. The van der Waals surface area contributed by atoms with Crippen molar-refractivity contribution in [1.82, 2.24) is 0 Å². The maximum Gasteiger partial charge on any atom is 0.200 e. The Labute approximate surface area is 318 Å². The summed E-state index contributed by atoms with van der Waals surface area (Å²) < 4.78 is 12.2. The first-order valence-corrected chi connectivity index (χ1v) is 19.3. The third kappa shape index (κ3) is 8.38. The number of carbonyl (C=O) groups excluding carboxylic acids is 2. The molecule has 0 heterocycles. The monoisotopic (exact) mass is 726 g/mol. The van der Waals surface area contributed by atoms with Crippen LogP contribution in [0, 0.1) is 0 Å². The second-order valence-corrected chi connectivity index (χ2v) is 14.1. The van der Waals surface area contributed by atoms with Gasteiger partial charge in [-0.05, 0) is 91.6 Å². The molecular formula is C46H50N2O6. The summed E-state index contributed by atoms with van der Waals surface area (Å²) in [5.74, 6) is -1.61. The number of fused-ring (bicyclic) bond motifs is 2. The van der Waals surface area contributed by atoms with Gasteiger partial charge in [0.05, 0.1) is 27.9 Å². The zero-order valence-electron chi connectivity index (χ0n) is 31.5. The van der Waals surface area contributed by atoms with Crippen LogP contribution >= 0.6 is 0 Å². The smallest absolute Gasteiger partial charge is 0.200 e. The number of nitrogens with two attached hydrogens (primary N) is 1. The number of hydrogen-bond donors (Lipinski definition) is 4. The normalized spacial score (nSPS) is 12.0. The predicted octanol–water partition coefficient (Wildman–Crippen LogP) is 11.6. The summed E-state index contributed by atoms with van der Waals surface area (Å²) in [6.45, 7) is 6.47. The van der Waals surface area contributed by atoms with Crippen LogP contribution in [0.25, 0.3) is 0 Å². The van der Waals surface area contributed by atoms with Crippen LogP contribution in [0.3, 0.4) is 0 Å². The molecule has 6 rings (SSSR count). The highest BCUT2D eigenvalue weighted by Gasteiger charge is 2.40. The van der Waals surface area contributed by atoms with Crippen molar-refractivity contribution in [2.75, 3.05) is 11.1 Å². The van der Waals surface area contributed by atoms with Crippen molar-refractivity contribution >= 4 is 28.6 Å². The largest absolute Gasteiger partial charge is 0.504 e. The Bertz CT molecular complexity index is 2100. The summed E-state index contributed by atoms with van der Waals surface area (Å²) in [6, 6.07) is 25.8. The van der Waals surface area contributed by atoms with Crippen LogP contribution in [0.1, 0.15) is 121 Å². The van der Waals surface area contributed by atoms with Gasteiger partial charge in [0.25, 0.3) is 0 Å². The van der Waals surface area contributed by atoms with Gasteiger partial charge in [0.15, 0.2) is 23.0 Å². The van der Waals surface area contributed by atoms with E-state index in [1.165, 1.54) is 37.0 Å². The molecule has 0 amide bonds. The third-order valence-corrected chi connectivity index (χ3v) is 9.96. The summed E-state index contributed by atoms with van der Waals surface area (Å²) in [5.41, 5.74) is 9.92. The minimum Gasteiger partial charge on any atom is -0.504 e. The van der Waals surface area contributed by atoms with Crippen LogP contribution < -0.4 is 20.5 Å². The van der Waals surface area contributed by atoms with Gasteiger partial charge in [0.2, 0.25) is 11.6 Å². The highest BCUT2D eigenvalue weighted by molar-refractivity contribution is 6.34. The molecule has 0 bridgehead atoms. The van der Waals surface area contributed by atoms with E-state index in [0.717, 1.165) is 62.5 Å². The number of anilines is 3. The molecule has 0 radical (unpaired) electrons. The van der Waals surface area contributed by atoms with Crippen molar-refractivity contribution < 1.29 is 29.3 Å². The zero-order chi connectivity index (χ0) is 38.2. The lowest BCUT2D eigenvalue weighted by atomic mass is 9.81. The molecule has 0 saturated carbocycles. The molecular weight excluding hydrogens is 677 g/mol. The standard InChI is InChI=1S/C46H50N2O6/c1-4-7-10-11-14-31-15-21-32(22-16-31)48-36-28-38(54-34-25-19-30(20-26-34)13-9-6-3)44(50)42-40(36)46(52)41-39(45(42)51)35(47)27-37(43(41)49)53-33-23-17-29(18-24-33)12-8-5-2/h15-28,48-50H,4-14,47H2,1-3H3. The first-order chi connectivity index (χ1) is 26.2. The lowest BCUT2D eigenvalue weighted by Crippen LogP contribution is -2.24. The van der Waals surface area contributed by atoms with Crippen molar-refractivity contribution in [2.45, 2.75) is 91.4 Å². The second-order valence-electron chi connectivity index (χ2n) is 14.1. The Morgan fingerprint density at radius 3 is 1.50 bits per heavy atom. The zero-order valence-corrected chi connectivity index (χ0v) is 31.5. The first kappa shape index (κ1) is 38.0. The van der Waals surface area contributed by atoms with Crippen molar-refractivity contribution in [3.05, 3.63) is 124 Å². The first-order valence-electron chi connectivity index (χ1n) is 19.3. The number of hydrogen-bond acceptors (Lipinski definition) is 8. The van der Waals surface area contributed by atoms with Crippen LogP contribution in [0.2, 0.25) is 0 Å². The fourth-order valence-electron chi connectivity index (χ4n) is 6.87. The van der Waals surface area contributed by atoms with E-state index in [4.69, 9.17) is 15.2 Å². The molecule has 5 aromatic carbocycles. The summed E-state index contributed by atoms with van der Waals surface area (Å²) in [6.07, 6.45) is 11.8. The highest BCUT2D eigenvalue weighted by Crippen LogP contribution is 2.49. The number of aryl methyl sites for hydroxylation is 3. The average molecular weight is 727 g/mol. The molecule has 0 atom stereocenters. The number of ether oxygens (including phenoxy) is 2. The number of rotatable bonds is 17. The van der Waals surface area contributed by atoms with Gasteiger partial charge in [-0.2, -0.15) is 0 Å². The van der Waals surface area contributed by atoms with Gasteiger partial charge in [0.1, 0.15) is 11.5 Å². The van der Waals surface area contributed by atoms with Crippen molar-refractivity contribution in [3.8, 4) is 34.5 Å². The molecule has 0 unspecified atom stereocenters. The van der Waals surface area contributed by atoms with E-state index in [-0.39, 0.29) is 45.1 Å². The third-order valence-electron chi connectivity index (χ3n) is 9.96. The van der Waals surface area contributed by atoms with E-state index in [9.17, 15) is 19.8 Å². The summed E-state index contributed by atoms with van der Waals surface area (Å²) in [4.78, 5) is 28.9. The van der Waals surface area contributed by atoms with Gasteiger partial charge >= 0.3 is 0 Å². The molecule has 1 aliphatic carbocycles. The van der Waals surface area contributed by atoms with E-state index in [2.05, 4.69) is 26.1 Å². The van der Waals surface area contributed by atoms with E-state index in [0.29, 0.717) is 17.2 Å². The fraction of sp³-hybridized carbons (Fsp3) is 0.304. The molecule has 8 nitrogen and oxygen atoms in total. The van der Waals surface area contributed by atoms with Crippen molar-refractivity contribution in [2.24, 2.45) is 0 Å². The minimum atomic E-state index is -0.720. The van der Waals surface area contributed by atoms with Gasteiger partial charge in [-0.1, -0.05) is 89.3 Å². The summed E-state index contributed by atoms with van der Waals surface area (Å²) >= 11 is 0. The number of carbonyl (C=O) groups is 2. The molecule has 0 fully saturated rings. The van der Waals surface area contributed by atoms with Gasteiger partial charge in [-0.15, -0.1) is 0 Å². The van der Waals surface area contributed by atoms with Gasteiger partial charge in [0, 0.05) is 23.5 Å². The number of nitrogen functional groups attached to an aromatic ring is 1. The fourth-order valence-corrected chi connectivity index (χ4v) is 6.87. The van der Waals surface area contributed by atoms with Gasteiger partial charge < -0.3 is 30.7 Å². The SMILES string of the molecule is CCCCCCc1ccc(Nc2cc(Oc3ccc(CCCC)cc3)c(O)c3c2C(=O)c2c(O)c(Oc4ccc(CCCC)cc4)cc(N)c2C3=O)cc1. The number of aromatic hydroxyl groups is 2. The number of nitrogens with one attached hydrogen (secondary N) is 1. The number of benzene rings is 5. The molecule has 0 spiro atoms. The van der Waals surface area contributed by atoms with E-state index < -0.39 is 23.1 Å². The van der Waals surface area contributed by atoms with Crippen LogP contribution in [-0.2, 0) is 19.3 Å². The van der Waals surface area contributed by atoms with Gasteiger partial charge in [-0.25, -0.2) is 0 Å². The number of unbranched alkanes of at least 4 members (excludes halogenated alkanes) is 5. The Kier molecular flexibility index (Phi) is 12.2. The molecule has 8 heteroatoms. The molecule has 0 saturated heterocycles. The predicted molar refractivity (Wildman–Crippen MR) is 215 cm³/mol.